The molecule has 0 bridgehead atoms. The summed E-state index contributed by atoms with van der Waals surface area (Å²) in [6, 6.07) is 10.4. The number of rotatable bonds is 10. The zero-order valence-electron chi connectivity index (χ0n) is 16.7. The third-order valence-corrected chi connectivity index (χ3v) is 5.36. The second-order valence-corrected chi connectivity index (χ2v) is 6.98. The summed E-state index contributed by atoms with van der Waals surface area (Å²) in [5.41, 5.74) is 5.10. The molecule has 0 unspecified atom stereocenters. The number of hydrogen-bond acceptors (Lipinski definition) is 4. The van der Waals surface area contributed by atoms with Gasteiger partial charge in [0.2, 0.25) is 0 Å². The highest BCUT2D eigenvalue weighted by molar-refractivity contribution is 5.68. The molecule has 0 atom stereocenters. The smallest absolute Gasteiger partial charge is 0.122 e. The topological polar surface area (TPSA) is 34.6 Å². The van der Waals surface area contributed by atoms with Gasteiger partial charge in [-0.1, -0.05) is 19.9 Å². The Labute approximate surface area is 163 Å². The van der Waals surface area contributed by atoms with E-state index in [-0.39, 0.29) is 0 Å². The van der Waals surface area contributed by atoms with Crippen LogP contribution >= 0.6 is 0 Å². The molecule has 1 aromatic heterocycles. The molecule has 1 aliphatic carbocycles. The Kier molecular flexibility index (Phi) is 7.66. The molecule has 27 heavy (non-hydrogen) atoms. The van der Waals surface area contributed by atoms with Crippen molar-refractivity contribution >= 4 is 0 Å². The Morgan fingerprint density at radius 2 is 1.74 bits per heavy atom. The van der Waals surface area contributed by atoms with Crippen molar-refractivity contribution in [3.05, 3.63) is 47.7 Å². The number of nitrogens with zero attached hydrogens (tertiary/aromatic N) is 2. The average Bonchev–Trinajstić information content (AvgIpc) is 2.74. The summed E-state index contributed by atoms with van der Waals surface area (Å²) in [6.45, 7) is 9.51. The molecule has 2 aromatic rings. The molecule has 0 aliphatic heterocycles. The van der Waals surface area contributed by atoms with E-state index in [1.54, 1.807) is 0 Å². The van der Waals surface area contributed by atoms with Crippen LogP contribution in [0.25, 0.3) is 11.3 Å². The average molecular weight is 369 g/mol. The van der Waals surface area contributed by atoms with Crippen LogP contribution in [0.2, 0.25) is 0 Å². The number of fused-ring (bicyclic) bond motifs is 1. The molecule has 146 valence electrons. The van der Waals surface area contributed by atoms with Crippen LogP contribution in [0.1, 0.15) is 37.8 Å². The maximum atomic E-state index is 6.10. The first kappa shape index (κ1) is 19.8. The normalized spacial score (nSPS) is 13.6. The molecule has 0 spiro atoms. The molecular weight excluding hydrogens is 336 g/mol. The van der Waals surface area contributed by atoms with Crippen LogP contribution in [0.5, 0.6) is 5.75 Å². The van der Waals surface area contributed by atoms with Crippen molar-refractivity contribution in [1.29, 1.82) is 0 Å². The minimum atomic E-state index is 0.605. The molecule has 0 N–H and O–H groups in total. The molecule has 0 fully saturated rings. The summed E-state index contributed by atoms with van der Waals surface area (Å²) >= 11 is 0. The molecule has 4 heteroatoms. The van der Waals surface area contributed by atoms with Crippen LogP contribution in [0.15, 0.2) is 36.5 Å². The van der Waals surface area contributed by atoms with Gasteiger partial charge in [0.05, 0.1) is 18.9 Å². The predicted molar refractivity (Wildman–Crippen MR) is 110 cm³/mol. The van der Waals surface area contributed by atoms with Crippen molar-refractivity contribution in [2.45, 2.75) is 39.5 Å². The van der Waals surface area contributed by atoms with E-state index in [0.717, 1.165) is 50.5 Å². The maximum Gasteiger partial charge on any atom is 0.122 e. The van der Waals surface area contributed by atoms with E-state index >= 15 is 0 Å². The summed E-state index contributed by atoms with van der Waals surface area (Å²) in [6.07, 6.45) is 6.54. The summed E-state index contributed by atoms with van der Waals surface area (Å²) in [5, 5.41) is 0. The van der Waals surface area contributed by atoms with Gasteiger partial charge in [-0.25, -0.2) is 0 Å². The molecule has 1 heterocycles. The molecule has 1 aliphatic rings. The number of pyridine rings is 1. The second kappa shape index (κ2) is 10.4. The Balaban J connectivity index is 1.58. The SMILES string of the molecule is CCN(CC)CCOCCOc1ccc(-c2ccccn2)c2c1CCCC2. The first-order valence-electron chi connectivity index (χ1n) is 10.3. The molecule has 0 amide bonds. The lowest BCUT2D eigenvalue weighted by Crippen LogP contribution is -2.27. The Hall–Kier alpha value is -1.91. The van der Waals surface area contributed by atoms with Gasteiger partial charge < -0.3 is 14.4 Å². The van der Waals surface area contributed by atoms with Crippen LogP contribution in [0.4, 0.5) is 0 Å². The quantitative estimate of drug-likeness (QED) is 0.584. The van der Waals surface area contributed by atoms with Gasteiger partial charge >= 0.3 is 0 Å². The van der Waals surface area contributed by atoms with Gasteiger partial charge in [-0.3, -0.25) is 4.98 Å². The van der Waals surface area contributed by atoms with Crippen molar-refractivity contribution in [3.63, 3.8) is 0 Å². The highest BCUT2D eigenvalue weighted by Crippen LogP contribution is 2.36. The fourth-order valence-corrected chi connectivity index (χ4v) is 3.78. The molecule has 0 radical (unpaired) electrons. The van der Waals surface area contributed by atoms with E-state index in [4.69, 9.17) is 9.47 Å². The summed E-state index contributed by atoms with van der Waals surface area (Å²) in [7, 11) is 0. The molecule has 4 nitrogen and oxygen atoms in total. The van der Waals surface area contributed by atoms with E-state index < -0.39 is 0 Å². The van der Waals surface area contributed by atoms with Gasteiger partial charge in [0, 0.05) is 18.3 Å². The van der Waals surface area contributed by atoms with Gasteiger partial charge in [-0.2, -0.15) is 0 Å². The minimum Gasteiger partial charge on any atom is -0.491 e. The van der Waals surface area contributed by atoms with Crippen molar-refractivity contribution in [2.75, 3.05) is 39.5 Å². The van der Waals surface area contributed by atoms with Crippen LogP contribution < -0.4 is 4.74 Å². The second-order valence-electron chi connectivity index (χ2n) is 6.98. The van der Waals surface area contributed by atoms with E-state index in [2.05, 4.69) is 48.0 Å². The van der Waals surface area contributed by atoms with Crippen LogP contribution in [-0.2, 0) is 17.6 Å². The Morgan fingerprint density at radius 1 is 0.926 bits per heavy atom. The van der Waals surface area contributed by atoms with Gasteiger partial charge in [-0.05, 0) is 74.2 Å². The van der Waals surface area contributed by atoms with Crippen molar-refractivity contribution in [3.8, 4) is 17.0 Å². The van der Waals surface area contributed by atoms with Crippen molar-refractivity contribution < 1.29 is 9.47 Å². The van der Waals surface area contributed by atoms with Gasteiger partial charge in [0.15, 0.2) is 0 Å². The van der Waals surface area contributed by atoms with Crippen molar-refractivity contribution in [2.24, 2.45) is 0 Å². The summed E-state index contributed by atoms with van der Waals surface area (Å²) in [4.78, 5) is 6.91. The zero-order valence-corrected chi connectivity index (χ0v) is 16.7. The third-order valence-electron chi connectivity index (χ3n) is 5.36. The van der Waals surface area contributed by atoms with Crippen molar-refractivity contribution in [1.82, 2.24) is 9.88 Å². The predicted octanol–water partition coefficient (Wildman–Crippen LogP) is 4.36. The van der Waals surface area contributed by atoms with Gasteiger partial charge in [0.25, 0.3) is 0 Å². The lowest BCUT2D eigenvalue weighted by atomic mass is 9.86. The summed E-state index contributed by atoms with van der Waals surface area (Å²) < 4.78 is 11.8. The molecule has 1 aromatic carbocycles. The highest BCUT2D eigenvalue weighted by Gasteiger charge is 2.19. The van der Waals surface area contributed by atoms with Crippen LogP contribution in [0.3, 0.4) is 0 Å². The van der Waals surface area contributed by atoms with E-state index in [1.165, 1.54) is 29.5 Å². The monoisotopic (exact) mass is 368 g/mol. The first-order chi connectivity index (χ1) is 13.3. The van der Waals surface area contributed by atoms with Gasteiger partial charge in [-0.15, -0.1) is 0 Å². The minimum absolute atomic E-state index is 0.605. The number of likely N-dealkylation sites (N-methyl/N-ethyl adjacent to an activating group) is 1. The molecule has 3 rings (SSSR count). The van der Waals surface area contributed by atoms with Gasteiger partial charge in [0.1, 0.15) is 12.4 Å². The van der Waals surface area contributed by atoms with Crippen LogP contribution in [0, 0.1) is 0 Å². The van der Waals surface area contributed by atoms with E-state index in [9.17, 15) is 0 Å². The number of benzene rings is 1. The number of aromatic nitrogens is 1. The zero-order chi connectivity index (χ0) is 18.9. The maximum absolute atomic E-state index is 6.10. The lowest BCUT2D eigenvalue weighted by molar-refractivity contribution is 0.0816. The van der Waals surface area contributed by atoms with E-state index in [0.29, 0.717) is 13.2 Å². The molecule has 0 saturated heterocycles. The standard InChI is InChI=1S/C23H32N2O2/c1-3-25(4-2)15-16-26-17-18-27-23-13-12-20(22-11-7-8-14-24-22)19-9-5-6-10-21(19)23/h7-8,11-14H,3-6,9-10,15-18H2,1-2H3. The summed E-state index contributed by atoms with van der Waals surface area (Å²) in [5.74, 6) is 1.02. The fourth-order valence-electron chi connectivity index (χ4n) is 3.78. The number of ether oxygens (including phenoxy) is 2. The van der Waals surface area contributed by atoms with Crippen LogP contribution in [-0.4, -0.2) is 49.3 Å². The molecular formula is C23H32N2O2. The number of hydrogen-bond donors (Lipinski definition) is 0. The molecule has 0 saturated carbocycles. The van der Waals surface area contributed by atoms with E-state index in [1.807, 2.05) is 12.3 Å². The largest absolute Gasteiger partial charge is 0.491 e. The first-order valence-corrected chi connectivity index (χ1v) is 10.3. The Morgan fingerprint density at radius 3 is 2.48 bits per heavy atom. The lowest BCUT2D eigenvalue weighted by Gasteiger charge is -2.23. The highest BCUT2D eigenvalue weighted by atomic mass is 16.5. The third kappa shape index (κ3) is 5.30. The fraction of sp³-hybridized carbons (Fsp3) is 0.522. The Bertz CT molecular complexity index is 699.